The van der Waals surface area contributed by atoms with E-state index in [1.807, 2.05) is 73.0 Å². The maximum absolute atomic E-state index is 13.7. The summed E-state index contributed by atoms with van der Waals surface area (Å²) in [7, 11) is 0. The van der Waals surface area contributed by atoms with Crippen molar-refractivity contribution in [2.24, 2.45) is 0 Å². The van der Waals surface area contributed by atoms with Crippen LogP contribution in [0.5, 0.6) is 0 Å². The summed E-state index contributed by atoms with van der Waals surface area (Å²) in [6.07, 6.45) is 1.67. The Balaban J connectivity index is 1.13. The van der Waals surface area contributed by atoms with E-state index in [0.29, 0.717) is 23.6 Å². The first-order valence-electron chi connectivity index (χ1n) is 18.5. The maximum atomic E-state index is 13.7. The van der Waals surface area contributed by atoms with Crippen molar-refractivity contribution >= 4 is 40.1 Å². The van der Waals surface area contributed by atoms with Crippen LogP contribution in [-0.2, 0) is 47.5 Å². The molecule has 0 aliphatic heterocycles. The predicted octanol–water partition coefficient (Wildman–Crippen LogP) is 8.80. The van der Waals surface area contributed by atoms with Crippen LogP contribution in [0.1, 0.15) is 65.4 Å². The number of ether oxygens (including phenoxy) is 1. The standard InChI is InChI=1S/C45H46ClN5O4S/c1-31-22-24-51(41(53)39(31)27-40(52)47-29-33-26-37(46)21-20-32(33)28-48-43(54)55-44(2,3)4)25-23-38-30-56-42(49-38)50-45(34-14-8-5-9-15-34,35-16-10-6-11-17-35)36-18-12-7-13-19-36/h5-22,24,26,30H,23,25,27-29H2,1-4H3,(H,47,52)(H,48,54)(H,49,50). The molecular formula is C45H46ClN5O4S. The second-order valence-electron chi connectivity index (χ2n) is 14.6. The van der Waals surface area contributed by atoms with E-state index in [1.165, 1.54) is 11.3 Å². The molecule has 0 bridgehead atoms. The Bertz CT molecular complexity index is 2230. The molecule has 0 unspecified atom stereocenters. The number of thiazole rings is 1. The topological polar surface area (TPSA) is 114 Å². The minimum absolute atomic E-state index is 0.0805. The van der Waals surface area contributed by atoms with Gasteiger partial charge in [-0.05, 0) is 79.3 Å². The van der Waals surface area contributed by atoms with Crippen molar-refractivity contribution < 1.29 is 14.3 Å². The normalized spacial score (nSPS) is 11.5. The van der Waals surface area contributed by atoms with Gasteiger partial charge in [-0.2, -0.15) is 0 Å². The lowest BCUT2D eigenvalue weighted by Crippen LogP contribution is -2.38. The maximum Gasteiger partial charge on any atom is 0.407 e. The van der Waals surface area contributed by atoms with Crippen LogP contribution in [0.25, 0.3) is 0 Å². The van der Waals surface area contributed by atoms with Crippen molar-refractivity contribution in [3.8, 4) is 0 Å². The van der Waals surface area contributed by atoms with Crippen molar-refractivity contribution in [2.45, 2.75) is 71.3 Å². The number of carbonyl (C=O) groups is 2. The van der Waals surface area contributed by atoms with Crippen LogP contribution in [0.2, 0.25) is 5.02 Å². The summed E-state index contributed by atoms with van der Waals surface area (Å²) in [5, 5.41) is 12.8. The first kappa shape index (κ1) is 40.0. The van der Waals surface area contributed by atoms with Gasteiger partial charge < -0.3 is 25.3 Å². The van der Waals surface area contributed by atoms with E-state index in [2.05, 4.69) is 52.3 Å². The fourth-order valence-corrected chi connectivity index (χ4v) is 7.58. The molecule has 0 fully saturated rings. The molecule has 2 aromatic heterocycles. The third-order valence-electron chi connectivity index (χ3n) is 9.38. The number of anilines is 1. The highest BCUT2D eigenvalue weighted by molar-refractivity contribution is 7.13. The number of aryl methyl sites for hydroxylation is 3. The molecule has 56 heavy (non-hydrogen) atoms. The molecule has 2 heterocycles. The minimum atomic E-state index is -0.701. The average Bonchev–Trinajstić information content (AvgIpc) is 3.64. The quantitative estimate of drug-likeness (QED) is 0.0952. The largest absolute Gasteiger partial charge is 0.444 e. The van der Waals surface area contributed by atoms with E-state index >= 15 is 0 Å². The Labute approximate surface area is 336 Å². The summed E-state index contributed by atoms with van der Waals surface area (Å²) in [6, 6.07) is 38.3. The monoisotopic (exact) mass is 787 g/mol. The highest BCUT2D eigenvalue weighted by Gasteiger charge is 2.37. The van der Waals surface area contributed by atoms with Crippen LogP contribution in [0, 0.1) is 6.92 Å². The van der Waals surface area contributed by atoms with E-state index in [9.17, 15) is 14.4 Å². The van der Waals surface area contributed by atoms with E-state index in [-0.39, 0.29) is 31.0 Å². The van der Waals surface area contributed by atoms with Crippen molar-refractivity contribution in [1.29, 1.82) is 0 Å². The van der Waals surface area contributed by atoms with Crippen molar-refractivity contribution in [3.63, 3.8) is 0 Å². The number of alkyl carbamates (subject to hydrolysis) is 1. The zero-order valence-electron chi connectivity index (χ0n) is 32.0. The molecule has 6 rings (SSSR count). The number of nitrogens with one attached hydrogen (secondary N) is 3. The first-order chi connectivity index (χ1) is 26.9. The van der Waals surface area contributed by atoms with Gasteiger partial charge in [0.1, 0.15) is 11.1 Å². The molecule has 9 nitrogen and oxygen atoms in total. The Morgan fingerprint density at radius 1 is 0.804 bits per heavy atom. The van der Waals surface area contributed by atoms with Gasteiger partial charge in [-0.25, -0.2) is 9.78 Å². The zero-order valence-corrected chi connectivity index (χ0v) is 33.5. The van der Waals surface area contributed by atoms with Crippen LogP contribution < -0.4 is 21.5 Å². The number of halogens is 1. The lowest BCUT2D eigenvalue weighted by Gasteiger charge is -2.36. The second-order valence-corrected chi connectivity index (χ2v) is 15.9. The van der Waals surface area contributed by atoms with Gasteiger partial charge >= 0.3 is 6.09 Å². The number of rotatable bonds is 14. The molecule has 11 heteroatoms. The van der Waals surface area contributed by atoms with Gasteiger partial charge in [0.25, 0.3) is 5.56 Å². The summed E-state index contributed by atoms with van der Waals surface area (Å²) >= 11 is 7.80. The molecule has 4 aromatic carbocycles. The van der Waals surface area contributed by atoms with E-state index < -0.39 is 17.2 Å². The molecule has 0 aliphatic rings. The third kappa shape index (κ3) is 9.93. The van der Waals surface area contributed by atoms with Crippen LogP contribution in [0.3, 0.4) is 0 Å². The van der Waals surface area contributed by atoms with E-state index in [1.54, 1.807) is 49.7 Å². The molecular weight excluding hydrogens is 742 g/mol. The number of amides is 2. The van der Waals surface area contributed by atoms with Crippen LogP contribution >= 0.6 is 22.9 Å². The van der Waals surface area contributed by atoms with Gasteiger partial charge in [0.15, 0.2) is 5.13 Å². The molecule has 0 atom stereocenters. The fourth-order valence-electron chi connectivity index (χ4n) is 6.59. The number of carbonyl (C=O) groups excluding carboxylic acids is 2. The molecule has 3 N–H and O–H groups in total. The first-order valence-corrected chi connectivity index (χ1v) is 19.8. The number of benzene rings is 4. The second kappa shape index (κ2) is 17.8. The Kier molecular flexibility index (Phi) is 12.7. The third-order valence-corrected chi connectivity index (χ3v) is 10.4. The Hall–Kier alpha value is -5.71. The number of hydrogen-bond acceptors (Lipinski definition) is 7. The van der Waals surface area contributed by atoms with Crippen LogP contribution in [0.4, 0.5) is 9.93 Å². The lowest BCUT2D eigenvalue weighted by atomic mass is 9.77. The molecule has 288 valence electrons. The molecule has 2 amide bonds. The Morgan fingerprint density at radius 2 is 1.39 bits per heavy atom. The van der Waals surface area contributed by atoms with E-state index in [0.717, 1.165) is 44.2 Å². The van der Waals surface area contributed by atoms with Gasteiger partial charge in [-0.15, -0.1) is 11.3 Å². The van der Waals surface area contributed by atoms with Gasteiger partial charge in [-0.1, -0.05) is 109 Å². The summed E-state index contributed by atoms with van der Waals surface area (Å²) in [4.78, 5) is 44.2. The van der Waals surface area contributed by atoms with Crippen molar-refractivity contribution in [3.05, 3.63) is 187 Å². The van der Waals surface area contributed by atoms with Crippen molar-refractivity contribution in [1.82, 2.24) is 20.2 Å². The highest BCUT2D eigenvalue weighted by Crippen LogP contribution is 2.40. The summed E-state index contributed by atoms with van der Waals surface area (Å²) in [6.45, 7) is 7.99. The van der Waals surface area contributed by atoms with Crippen molar-refractivity contribution in [2.75, 3.05) is 5.32 Å². The lowest BCUT2D eigenvalue weighted by molar-refractivity contribution is -0.120. The highest BCUT2D eigenvalue weighted by atomic mass is 35.5. The molecule has 0 spiro atoms. The number of pyridine rings is 1. The zero-order chi connectivity index (χ0) is 39.7. The summed E-state index contributed by atoms with van der Waals surface area (Å²) in [5.74, 6) is -0.303. The Morgan fingerprint density at radius 3 is 1.98 bits per heavy atom. The number of hydrogen-bond donors (Lipinski definition) is 3. The smallest absolute Gasteiger partial charge is 0.407 e. The molecule has 0 radical (unpaired) electrons. The van der Waals surface area contributed by atoms with Gasteiger partial charge in [-0.3, -0.25) is 9.59 Å². The number of aromatic nitrogens is 2. The van der Waals surface area contributed by atoms with Gasteiger partial charge in [0.05, 0.1) is 12.1 Å². The minimum Gasteiger partial charge on any atom is -0.444 e. The molecule has 0 aliphatic carbocycles. The predicted molar refractivity (Wildman–Crippen MR) is 224 cm³/mol. The van der Waals surface area contributed by atoms with Crippen LogP contribution in [-0.4, -0.2) is 27.2 Å². The SMILES string of the molecule is Cc1ccn(CCc2csc(NC(c3ccccc3)(c3ccccc3)c3ccccc3)n2)c(=O)c1CC(=O)NCc1cc(Cl)ccc1CNC(=O)OC(C)(C)C. The molecule has 0 saturated heterocycles. The van der Waals surface area contributed by atoms with Gasteiger partial charge in [0.2, 0.25) is 5.91 Å². The molecule has 6 aromatic rings. The average molecular weight is 788 g/mol. The fraction of sp³-hybridized carbons (Fsp3) is 0.244. The van der Waals surface area contributed by atoms with Gasteiger partial charge in [0, 0.05) is 48.2 Å². The van der Waals surface area contributed by atoms with E-state index in [4.69, 9.17) is 21.3 Å². The molecule has 0 saturated carbocycles. The summed E-state index contributed by atoms with van der Waals surface area (Å²) in [5.41, 5.74) is 5.26. The van der Waals surface area contributed by atoms with Crippen LogP contribution in [0.15, 0.2) is 132 Å². The summed E-state index contributed by atoms with van der Waals surface area (Å²) < 4.78 is 6.98. The number of nitrogens with zero attached hydrogens (tertiary/aromatic N) is 2.